The lowest BCUT2D eigenvalue weighted by Gasteiger charge is -2.25. The summed E-state index contributed by atoms with van der Waals surface area (Å²) < 4.78 is 0. The lowest BCUT2D eigenvalue weighted by atomic mass is 9.88. The molecule has 0 bridgehead atoms. The summed E-state index contributed by atoms with van der Waals surface area (Å²) in [5, 5.41) is 5.94. The van der Waals surface area contributed by atoms with Gasteiger partial charge in [-0.15, -0.1) is 0 Å². The zero-order valence-corrected chi connectivity index (χ0v) is 14.9. The van der Waals surface area contributed by atoms with Gasteiger partial charge in [0.2, 0.25) is 11.8 Å². The molecule has 3 rings (SSSR count). The number of likely N-dealkylation sites (tertiary alicyclic amines) is 1. The fourth-order valence-corrected chi connectivity index (χ4v) is 3.77. The monoisotopic (exact) mass is 343 g/mol. The van der Waals surface area contributed by atoms with Crippen LogP contribution in [0.2, 0.25) is 0 Å². The van der Waals surface area contributed by atoms with Gasteiger partial charge >= 0.3 is 0 Å². The molecule has 2 fully saturated rings. The van der Waals surface area contributed by atoms with Crippen molar-refractivity contribution in [3.63, 3.8) is 0 Å². The summed E-state index contributed by atoms with van der Waals surface area (Å²) >= 11 is 0. The zero-order chi connectivity index (χ0) is 17.5. The van der Waals surface area contributed by atoms with E-state index in [9.17, 15) is 9.59 Å². The van der Waals surface area contributed by atoms with Crippen molar-refractivity contribution in [1.82, 2.24) is 4.90 Å². The second-order valence-corrected chi connectivity index (χ2v) is 7.29. The first-order chi connectivity index (χ1) is 12.2. The van der Waals surface area contributed by atoms with Crippen LogP contribution >= 0.6 is 0 Å². The molecule has 5 nitrogen and oxygen atoms in total. The summed E-state index contributed by atoms with van der Waals surface area (Å²) in [6.07, 6.45) is 9.18. The predicted molar refractivity (Wildman–Crippen MR) is 101 cm³/mol. The molecule has 2 aliphatic rings. The molecule has 1 aromatic rings. The van der Waals surface area contributed by atoms with Gasteiger partial charge in [-0.2, -0.15) is 0 Å². The minimum absolute atomic E-state index is 0.0286. The van der Waals surface area contributed by atoms with Gasteiger partial charge in [-0.05, 0) is 63.0 Å². The van der Waals surface area contributed by atoms with Crippen LogP contribution in [0.4, 0.5) is 11.4 Å². The summed E-state index contributed by atoms with van der Waals surface area (Å²) in [6, 6.07) is 7.42. The first-order valence-corrected chi connectivity index (χ1v) is 9.64. The van der Waals surface area contributed by atoms with E-state index in [0.29, 0.717) is 6.54 Å². The fraction of sp³-hybridized carbons (Fsp3) is 0.600. The average Bonchev–Trinajstić information content (AvgIpc) is 2.65. The highest BCUT2D eigenvalue weighted by molar-refractivity contribution is 5.94. The first-order valence-electron chi connectivity index (χ1n) is 9.64. The van der Waals surface area contributed by atoms with Crippen LogP contribution < -0.4 is 10.6 Å². The molecule has 1 saturated heterocycles. The summed E-state index contributed by atoms with van der Waals surface area (Å²) in [4.78, 5) is 26.6. The van der Waals surface area contributed by atoms with E-state index in [1.165, 1.54) is 25.7 Å². The lowest BCUT2D eigenvalue weighted by molar-refractivity contribution is -0.120. The standard InChI is InChI=1S/C20H29N3O2/c24-19(15-23-13-5-2-6-14-23)21-17-9-11-18(12-10-17)22-20(25)16-7-3-1-4-8-16/h9-12,16H,1-8,13-15H2,(H,21,24)(H,22,25). The summed E-state index contributed by atoms with van der Waals surface area (Å²) in [7, 11) is 0. The Hall–Kier alpha value is -1.88. The van der Waals surface area contributed by atoms with E-state index < -0.39 is 0 Å². The van der Waals surface area contributed by atoms with Crippen molar-refractivity contribution in [3.8, 4) is 0 Å². The van der Waals surface area contributed by atoms with Crippen molar-refractivity contribution >= 4 is 23.2 Å². The van der Waals surface area contributed by atoms with Crippen LogP contribution in [0.25, 0.3) is 0 Å². The molecule has 2 N–H and O–H groups in total. The topological polar surface area (TPSA) is 61.4 Å². The highest BCUT2D eigenvalue weighted by Crippen LogP contribution is 2.25. The Kier molecular flexibility index (Phi) is 6.45. The molecule has 0 aromatic heterocycles. The molecule has 1 aliphatic heterocycles. The molecule has 1 saturated carbocycles. The Morgan fingerprint density at radius 3 is 2.04 bits per heavy atom. The summed E-state index contributed by atoms with van der Waals surface area (Å²) in [6.45, 7) is 2.49. The molecule has 0 atom stereocenters. The minimum Gasteiger partial charge on any atom is -0.326 e. The third-order valence-electron chi connectivity index (χ3n) is 5.23. The van der Waals surface area contributed by atoms with Crippen LogP contribution in [0.15, 0.2) is 24.3 Å². The molecule has 136 valence electrons. The highest BCUT2D eigenvalue weighted by Gasteiger charge is 2.21. The number of anilines is 2. The summed E-state index contributed by atoms with van der Waals surface area (Å²) in [5.41, 5.74) is 1.57. The van der Waals surface area contributed by atoms with E-state index in [2.05, 4.69) is 15.5 Å². The Bertz CT molecular complexity index is 573. The Labute approximate surface area is 150 Å². The molecular weight excluding hydrogens is 314 g/mol. The normalized spacial score (nSPS) is 19.4. The molecule has 0 unspecified atom stereocenters. The van der Waals surface area contributed by atoms with Crippen LogP contribution in [0, 0.1) is 5.92 Å². The molecule has 5 heteroatoms. The van der Waals surface area contributed by atoms with Crippen molar-refractivity contribution < 1.29 is 9.59 Å². The van der Waals surface area contributed by atoms with E-state index in [1.54, 1.807) is 0 Å². The van der Waals surface area contributed by atoms with Gasteiger partial charge in [0, 0.05) is 17.3 Å². The molecule has 1 heterocycles. The second-order valence-electron chi connectivity index (χ2n) is 7.29. The Morgan fingerprint density at radius 1 is 0.840 bits per heavy atom. The number of carbonyl (C=O) groups is 2. The van der Waals surface area contributed by atoms with Gasteiger partial charge in [-0.1, -0.05) is 25.7 Å². The first kappa shape index (κ1) is 17.9. The summed E-state index contributed by atoms with van der Waals surface area (Å²) in [5.74, 6) is 0.306. The predicted octanol–water partition coefficient (Wildman–Crippen LogP) is 3.63. The Balaban J connectivity index is 1.46. The molecule has 1 aliphatic carbocycles. The number of benzene rings is 1. The number of rotatable bonds is 5. The highest BCUT2D eigenvalue weighted by atomic mass is 16.2. The van der Waals surface area contributed by atoms with E-state index in [0.717, 1.165) is 50.1 Å². The smallest absolute Gasteiger partial charge is 0.238 e. The van der Waals surface area contributed by atoms with Gasteiger partial charge in [-0.25, -0.2) is 0 Å². The van der Waals surface area contributed by atoms with Crippen LogP contribution in [0.3, 0.4) is 0 Å². The van der Waals surface area contributed by atoms with Crippen LogP contribution in [-0.2, 0) is 9.59 Å². The largest absolute Gasteiger partial charge is 0.326 e. The molecule has 25 heavy (non-hydrogen) atoms. The van der Waals surface area contributed by atoms with Gasteiger partial charge in [0.05, 0.1) is 6.54 Å². The van der Waals surface area contributed by atoms with E-state index in [1.807, 2.05) is 24.3 Å². The number of hydrogen-bond acceptors (Lipinski definition) is 3. The Morgan fingerprint density at radius 2 is 1.40 bits per heavy atom. The van der Waals surface area contributed by atoms with E-state index in [-0.39, 0.29) is 17.7 Å². The number of nitrogens with zero attached hydrogens (tertiary/aromatic N) is 1. The fourth-order valence-electron chi connectivity index (χ4n) is 3.77. The number of carbonyl (C=O) groups excluding carboxylic acids is 2. The molecule has 0 radical (unpaired) electrons. The van der Waals surface area contributed by atoms with Crippen molar-refractivity contribution in [2.75, 3.05) is 30.3 Å². The van der Waals surface area contributed by atoms with Gasteiger partial charge in [0.1, 0.15) is 0 Å². The molecule has 2 amide bonds. The maximum Gasteiger partial charge on any atom is 0.238 e. The van der Waals surface area contributed by atoms with E-state index >= 15 is 0 Å². The van der Waals surface area contributed by atoms with Crippen LogP contribution in [0.1, 0.15) is 51.4 Å². The number of amides is 2. The lowest BCUT2D eigenvalue weighted by Crippen LogP contribution is -2.36. The third-order valence-corrected chi connectivity index (χ3v) is 5.23. The van der Waals surface area contributed by atoms with Gasteiger partial charge in [0.25, 0.3) is 0 Å². The van der Waals surface area contributed by atoms with Crippen molar-refractivity contribution in [1.29, 1.82) is 0 Å². The van der Waals surface area contributed by atoms with E-state index in [4.69, 9.17) is 0 Å². The quantitative estimate of drug-likeness (QED) is 0.858. The minimum atomic E-state index is 0.0286. The van der Waals surface area contributed by atoms with Gasteiger partial charge < -0.3 is 10.6 Å². The van der Waals surface area contributed by atoms with Crippen LogP contribution in [-0.4, -0.2) is 36.3 Å². The molecule has 0 spiro atoms. The molecule has 1 aromatic carbocycles. The van der Waals surface area contributed by atoms with Gasteiger partial charge in [-0.3, -0.25) is 14.5 Å². The molecular formula is C20H29N3O2. The second kappa shape index (κ2) is 8.99. The zero-order valence-electron chi connectivity index (χ0n) is 14.9. The number of hydrogen-bond donors (Lipinski definition) is 2. The SMILES string of the molecule is O=C(CN1CCCCC1)Nc1ccc(NC(=O)C2CCCCC2)cc1. The number of piperidine rings is 1. The van der Waals surface area contributed by atoms with Crippen molar-refractivity contribution in [2.45, 2.75) is 51.4 Å². The maximum atomic E-state index is 12.3. The maximum absolute atomic E-state index is 12.3. The van der Waals surface area contributed by atoms with Crippen molar-refractivity contribution in [2.24, 2.45) is 5.92 Å². The third kappa shape index (κ3) is 5.56. The average molecular weight is 343 g/mol. The van der Waals surface area contributed by atoms with Crippen molar-refractivity contribution in [3.05, 3.63) is 24.3 Å². The number of nitrogens with one attached hydrogen (secondary N) is 2. The van der Waals surface area contributed by atoms with Crippen LogP contribution in [0.5, 0.6) is 0 Å². The van der Waals surface area contributed by atoms with Gasteiger partial charge in [0.15, 0.2) is 0 Å².